The van der Waals surface area contributed by atoms with E-state index in [-0.39, 0.29) is 5.91 Å². The number of benzene rings is 1. The van der Waals surface area contributed by atoms with Crippen molar-refractivity contribution in [2.75, 3.05) is 30.8 Å². The average molecular weight is 265 g/mol. The minimum absolute atomic E-state index is 0.0880. The van der Waals surface area contributed by atoms with Crippen LogP contribution in [0, 0.1) is 0 Å². The van der Waals surface area contributed by atoms with E-state index in [2.05, 4.69) is 22.3 Å². The molecule has 1 saturated heterocycles. The number of carbonyl (C=O) groups excluding carboxylic acids is 1. The molecule has 2 rings (SSSR count). The van der Waals surface area contributed by atoms with Gasteiger partial charge >= 0.3 is 0 Å². The molecule has 3 N–H and O–H groups in total. The van der Waals surface area contributed by atoms with Crippen LogP contribution in [0.25, 0.3) is 0 Å². The molecule has 1 fully saturated rings. The maximum absolute atomic E-state index is 11.6. The Morgan fingerprint density at radius 3 is 3.06 bits per heavy atom. The highest BCUT2D eigenvalue weighted by Crippen LogP contribution is 2.29. The van der Waals surface area contributed by atoms with Gasteiger partial charge in [0.15, 0.2) is 0 Å². The highest BCUT2D eigenvalue weighted by Gasteiger charge is 2.18. The van der Waals surface area contributed by atoms with Crippen LogP contribution in [0.3, 0.4) is 0 Å². The number of amides is 1. The Balaban J connectivity index is 2.33. The summed E-state index contributed by atoms with van der Waals surface area (Å²) in [7, 11) is 0. The highest BCUT2D eigenvalue weighted by molar-refractivity contribution is 7.98. The Labute approximate surface area is 112 Å². The largest absolute Gasteiger partial charge is 0.362 e. The third kappa shape index (κ3) is 2.79. The molecule has 1 aliphatic heterocycles. The van der Waals surface area contributed by atoms with Crippen LogP contribution in [0.4, 0.5) is 5.69 Å². The van der Waals surface area contributed by atoms with Crippen molar-refractivity contribution in [1.29, 1.82) is 0 Å². The first-order valence-electron chi connectivity index (χ1n) is 6.14. The summed E-state index contributed by atoms with van der Waals surface area (Å²) in [5.74, 6) is 0.0880. The molecule has 0 atom stereocenters. The van der Waals surface area contributed by atoms with Gasteiger partial charge in [0.05, 0.1) is 6.54 Å². The SMILES string of the molecule is CSc1cccc(N2CCCNC(=O)C2)c1CN. The molecule has 0 aromatic heterocycles. The number of anilines is 1. The first kappa shape index (κ1) is 13.2. The molecule has 1 aromatic rings. The Hall–Kier alpha value is -1.20. The van der Waals surface area contributed by atoms with E-state index in [1.54, 1.807) is 11.8 Å². The van der Waals surface area contributed by atoms with E-state index in [4.69, 9.17) is 5.73 Å². The van der Waals surface area contributed by atoms with E-state index >= 15 is 0 Å². The Kier molecular flexibility index (Phi) is 4.49. The minimum atomic E-state index is 0.0880. The maximum atomic E-state index is 11.6. The molecule has 1 heterocycles. The molecule has 0 spiro atoms. The van der Waals surface area contributed by atoms with Gasteiger partial charge in [-0.25, -0.2) is 0 Å². The fraction of sp³-hybridized carbons (Fsp3) is 0.462. The Morgan fingerprint density at radius 2 is 2.33 bits per heavy atom. The van der Waals surface area contributed by atoms with E-state index in [0.717, 1.165) is 30.8 Å². The standard InChI is InChI=1S/C13H19N3OS/c1-18-12-5-2-4-11(10(12)8-14)16-7-3-6-15-13(17)9-16/h2,4-5H,3,6-9,14H2,1H3,(H,15,17). The molecule has 18 heavy (non-hydrogen) atoms. The van der Waals surface area contributed by atoms with Crippen LogP contribution in [0.1, 0.15) is 12.0 Å². The fourth-order valence-corrected chi connectivity index (χ4v) is 2.91. The van der Waals surface area contributed by atoms with Crippen molar-refractivity contribution in [3.05, 3.63) is 23.8 Å². The van der Waals surface area contributed by atoms with Gasteiger partial charge in [-0.15, -0.1) is 11.8 Å². The van der Waals surface area contributed by atoms with Crippen LogP contribution in [0.2, 0.25) is 0 Å². The lowest BCUT2D eigenvalue weighted by molar-refractivity contribution is -0.119. The molecular formula is C13H19N3OS. The molecule has 5 heteroatoms. The van der Waals surface area contributed by atoms with E-state index in [1.807, 2.05) is 12.3 Å². The van der Waals surface area contributed by atoms with Gasteiger partial charge in [0.2, 0.25) is 5.91 Å². The number of thioether (sulfide) groups is 1. The van der Waals surface area contributed by atoms with E-state index in [1.165, 1.54) is 4.90 Å². The second-order valence-corrected chi connectivity index (χ2v) is 5.14. The zero-order valence-electron chi connectivity index (χ0n) is 10.6. The number of hydrogen-bond donors (Lipinski definition) is 2. The predicted molar refractivity (Wildman–Crippen MR) is 76.0 cm³/mol. The topological polar surface area (TPSA) is 58.4 Å². The van der Waals surface area contributed by atoms with E-state index < -0.39 is 0 Å². The second-order valence-electron chi connectivity index (χ2n) is 4.29. The van der Waals surface area contributed by atoms with Crippen molar-refractivity contribution < 1.29 is 4.79 Å². The molecule has 0 aliphatic carbocycles. The van der Waals surface area contributed by atoms with Crippen LogP contribution < -0.4 is 16.0 Å². The Morgan fingerprint density at radius 1 is 1.50 bits per heavy atom. The van der Waals surface area contributed by atoms with Crippen molar-refractivity contribution >= 4 is 23.4 Å². The second kappa shape index (κ2) is 6.11. The van der Waals surface area contributed by atoms with Crippen molar-refractivity contribution in [3.63, 3.8) is 0 Å². The third-order valence-corrected chi connectivity index (χ3v) is 3.96. The monoisotopic (exact) mass is 265 g/mol. The van der Waals surface area contributed by atoms with E-state index in [9.17, 15) is 4.79 Å². The van der Waals surface area contributed by atoms with Gasteiger partial charge in [0.25, 0.3) is 0 Å². The average Bonchev–Trinajstić information content (AvgIpc) is 2.62. The van der Waals surface area contributed by atoms with Gasteiger partial charge in [-0.1, -0.05) is 6.07 Å². The third-order valence-electron chi connectivity index (χ3n) is 3.13. The minimum Gasteiger partial charge on any atom is -0.362 e. The highest BCUT2D eigenvalue weighted by atomic mass is 32.2. The van der Waals surface area contributed by atoms with Crippen LogP contribution in [-0.2, 0) is 11.3 Å². The van der Waals surface area contributed by atoms with Crippen LogP contribution >= 0.6 is 11.8 Å². The van der Waals surface area contributed by atoms with Crippen molar-refractivity contribution in [2.45, 2.75) is 17.9 Å². The summed E-state index contributed by atoms with van der Waals surface area (Å²) in [6.45, 7) is 2.58. The quantitative estimate of drug-likeness (QED) is 0.806. The van der Waals surface area contributed by atoms with Gasteiger partial charge in [-0.05, 0) is 24.8 Å². The van der Waals surface area contributed by atoms with Crippen LogP contribution in [-0.4, -0.2) is 31.8 Å². The smallest absolute Gasteiger partial charge is 0.239 e. The molecule has 0 unspecified atom stereocenters. The van der Waals surface area contributed by atoms with Crippen molar-refractivity contribution in [1.82, 2.24) is 5.32 Å². The molecule has 1 aliphatic rings. The molecule has 0 radical (unpaired) electrons. The van der Waals surface area contributed by atoms with Crippen molar-refractivity contribution in [2.24, 2.45) is 5.73 Å². The number of hydrogen-bond acceptors (Lipinski definition) is 4. The summed E-state index contributed by atoms with van der Waals surface area (Å²) in [5.41, 5.74) is 8.10. The lowest BCUT2D eigenvalue weighted by Gasteiger charge is -2.25. The maximum Gasteiger partial charge on any atom is 0.239 e. The molecule has 1 aromatic carbocycles. The first-order chi connectivity index (χ1) is 8.76. The molecular weight excluding hydrogens is 246 g/mol. The van der Waals surface area contributed by atoms with Gasteiger partial charge in [-0.3, -0.25) is 4.79 Å². The van der Waals surface area contributed by atoms with Crippen molar-refractivity contribution in [3.8, 4) is 0 Å². The number of carbonyl (C=O) groups is 1. The zero-order chi connectivity index (χ0) is 13.0. The first-order valence-corrected chi connectivity index (χ1v) is 7.36. The molecule has 0 bridgehead atoms. The number of nitrogens with two attached hydrogens (primary N) is 1. The summed E-state index contributed by atoms with van der Waals surface area (Å²) in [5, 5.41) is 2.89. The fourth-order valence-electron chi connectivity index (χ4n) is 2.26. The summed E-state index contributed by atoms with van der Waals surface area (Å²) in [4.78, 5) is 15.0. The lowest BCUT2D eigenvalue weighted by Crippen LogP contribution is -2.33. The molecule has 1 amide bonds. The molecule has 4 nitrogen and oxygen atoms in total. The van der Waals surface area contributed by atoms with Gasteiger partial charge < -0.3 is 16.0 Å². The Bertz CT molecular complexity index is 436. The molecule has 98 valence electrons. The zero-order valence-corrected chi connectivity index (χ0v) is 11.4. The number of nitrogens with zero attached hydrogens (tertiary/aromatic N) is 1. The van der Waals surface area contributed by atoms with Gasteiger partial charge in [-0.2, -0.15) is 0 Å². The number of rotatable bonds is 3. The summed E-state index contributed by atoms with van der Waals surface area (Å²) >= 11 is 1.70. The van der Waals surface area contributed by atoms with Crippen LogP contribution in [0.15, 0.2) is 23.1 Å². The van der Waals surface area contributed by atoms with E-state index in [0.29, 0.717) is 13.1 Å². The predicted octanol–water partition coefficient (Wildman–Crippen LogP) is 1.19. The van der Waals surface area contributed by atoms with Gasteiger partial charge in [0.1, 0.15) is 0 Å². The molecule has 0 saturated carbocycles. The number of nitrogens with one attached hydrogen (secondary N) is 1. The normalized spacial score (nSPS) is 16.3. The van der Waals surface area contributed by atoms with Crippen LogP contribution in [0.5, 0.6) is 0 Å². The summed E-state index contributed by atoms with van der Waals surface area (Å²) in [6.07, 6.45) is 3.02. The van der Waals surface area contributed by atoms with Gasteiger partial charge in [0, 0.05) is 35.8 Å². The summed E-state index contributed by atoms with van der Waals surface area (Å²) in [6, 6.07) is 6.16. The summed E-state index contributed by atoms with van der Waals surface area (Å²) < 4.78 is 0. The lowest BCUT2D eigenvalue weighted by atomic mass is 10.1.